The fraction of sp³-hybridized carbons (Fsp3) is 0.250. The molecule has 2 rings (SSSR count). The first-order valence-electron chi connectivity index (χ1n) is 6.44. The fourth-order valence-electron chi connectivity index (χ4n) is 1.86. The third-order valence-corrected chi connectivity index (χ3v) is 5.12. The molecule has 106 valence electrons. The van der Waals surface area contributed by atoms with E-state index in [1.165, 1.54) is 10.5 Å². The molecule has 0 radical (unpaired) electrons. The Kier molecular flexibility index (Phi) is 5.79. The Labute approximate surface area is 134 Å². The van der Waals surface area contributed by atoms with Gasteiger partial charge in [0.15, 0.2) is 0 Å². The highest BCUT2D eigenvalue weighted by atomic mass is 35.5. The largest absolute Gasteiger partial charge is 0.313 e. The first kappa shape index (κ1) is 15.7. The lowest BCUT2D eigenvalue weighted by Crippen LogP contribution is -2.11. The van der Waals surface area contributed by atoms with E-state index in [9.17, 15) is 0 Å². The van der Waals surface area contributed by atoms with Gasteiger partial charge in [0.25, 0.3) is 0 Å². The summed E-state index contributed by atoms with van der Waals surface area (Å²) in [5, 5.41) is 4.52. The normalized spacial score (nSPS) is 12.4. The Morgan fingerprint density at radius 3 is 2.65 bits per heavy atom. The monoisotopic (exact) mass is 325 g/mol. The molecule has 0 aliphatic heterocycles. The predicted octanol–water partition coefficient (Wildman–Crippen LogP) is 5.57. The Morgan fingerprint density at radius 1 is 1.15 bits per heavy atom. The van der Waals surface area contributed by atoms with Crippen LogP contribution in [0.25, 0.3) is 0 Å². The molecule has 0 aliphatic carbocycles. The zero-order valence-electron chi connectivity index (χ0n) is 11.5. The van der Waals surface area contributed by atoms with Gasteiger partial charge in [-0.1, -0.05) is 47.5 Å². The molecule has 0 heterocycles. The molecule has 0 spiro atoms. The molecule has 1 unspecified atom stereocenters. The van der Waals surface area contributed by atoms with E-state index in [1.807, 2.05) is 25.2 Å². The number of halogens is 2. The molecule has 2 aromatic rings. The minimum Gasteiger partial charge on any atom is -0.313 e. The van der Waals surface area contributed by atoms with Crippen molar-refractivity contribution >= 4 is 35.0 Å². The summed E-state index contributed by atoms with van der Waals surface area (Å²) in [6, 6.07) is 14.7. The van der Waals surface area contributed by atoms with E-state index < -0.39 is 0 Å². The van der Waals surface area contributed by atoms with Crippen LogP contribution in [0.4, 0.5) is 0 Å². The van der Waals surface area contributed by atoms with Gasteiger partial charge in [0.2, 0.25) is 0 Å². The van der Waals surface area contributed by atoms with Crippen LogP contribution in [-0.2, 0) is 5.75 Å². The number of nitrogens with one attached hydrogen (secondary N) is 1. The molecule has 0 aromatic heterocycles. The van der Waals surface area contributed by atoms with E-state index in [4.69, 9.17) is 23.2 Å². The van der Waals surface area contributed by atoms with Gasteiger partial charge < -0.3 is 5.32 Å². The van der Waals surface area contributed by atoms with Gasteiger partial charge in [0, 0.05) is 16.7 Å². The fourth-order valence-corrected chi connectivity index (χ4v) is 3.28. The third kappa shape index (κ3) is 3.92. The topological polar surface area (TPSA) is 12.0 Å². The van der Waals surface area contributed by atoms with Crippen LogP contribution in [0, 0.1) is 0 Å². The summed E-state index contributed by atoms with van der Waals surface area (Å²) in [4.78, 5) is 1.24. The van der Waals surface area contributed by atoms with Gasteiger partial charge in [-0.25, -0.2) is 0 Å². The Morgan fingerprint density at radius 2 is 1.90 bits per heavy atom. The van der Waals surface area contributed by atoms with Crippen molar-refractivity contribution in [1.29, 1.82) is 0 Å². The molecular formula is C16H17Cl2NS. The third-order valence-electron chi connectivity index (χ3n) is 3.22. The molecule has 0 amide bonds. The van der Waals surface area contributed by atoms with Crippen LogP contribution in [0.5, 0.6) is 0 Å². The van der Waals surface area contributed by atoms with Crippen molar-refractivity contribution in [1.82, 2.24) is 5.32 Å². The lowest BCUT2D eigenvalue weighted by atomic mass is 10.1. The number of thioether (sulfide) groups is 1. The van der Waals surface area contributed by atoms with Gasteiger partial charge in [-0.05, 0) is 43.3 Å². The van der Waals surface area contributed by atoms with Gasteiger partial charge in [-0.15, -0.1) is 11.8 Å². The highest BCUT2D eigenvalue weighted by Gasteiger charge is 2.07. The van der Waals surface area contributed by atoms with Gasteiger partial charge in [0.1, 0.15) is 0 Å². The van der Waals surface area contributed by atoms with Crippen LogP contribution >= 0.6 is 35.0 Å². The van der Waals surface area contributed by atoms with Crippen LogP contribution in [0.1, 0.15) is 24.1 Å². The maximum Gasteiger partial charge on any atom is 0.0632 e. The van der Waals surface area contributed by atoms with E-state index in [1.54, 1.807) is 11.8 Å². The summed E-state index contributed by atoms with van der Waals surface area (Å²) in [5.41, 5.74) is 2.35. The van der Waals surface area contributed by atoms with E-state index in [0.717, 1.165) is 11.3 Å². The Bertz CT molecular complexity index is 586. The molecule has 0 bridgehead atoms. The van der Waals surface area contributed by atoms with Crippen molar-refractivity contribution in [2.24, 2.45) is 0 Å². The second-order valence-corrected chi connectivity index (χ2v) is 6.42. The first-order valence-corrected chi connectivity index (χ1v) is 8.19. The maximum atomic E-state index is 6.21. The second-order valence-electron chi connectivity index (χ2n) is 4.58. The molecule has 1 nitrogen and oxygen atoms in total. The van der Waals surface area contributed by atoms with Crippen LogP contribution in [0.15, 0.2) is 47.4 Å². The summed E-state index contributed by atoms with van der Waals surface area (Å²) < 4.78 is 0. The predicted molar refractivity (Wildman–Crippen MR) is 89.9 cm³/mol. The first-order chi connectivity index (χ1) is 9.61. The molecule has 20 heavy (non-hydrogen) atoms. The van der Waals surface area contributed by atoms with Gasteiger partial charge in [-0.2, -0.15) is 0 Å². The van der Waals surface area contributed by atoms with Crippen molar-refractivity contribution in [2.45, 2.75) is 23.6 Å². The lowest BCUT2D eigenvalue weighted by molar-refractivity contribution is 0.651. The number of hydrogen-bond acceptors (Lipinski definition) is 2. The zero-order valence-corrected chi connectivity index (χ0v) is 13.8. The van der Waals surface area contributed by atoms with Crippen molar-refractivity contribution in [3.63, 3.8) is 0 Å². The molecule has 0 fully saturated rings. The summed E-state index contributed by atoms with van der Waals surface area (Å²) in [6.07, 6.45) is 0. The molecule has 2 aromatic carbocycles. The lowest BCUT2D eigenvalue weighted by Gasteiger charge is -2.12. The van der Waals surface area contributed by atoms with Crippen LogP contribution in [0.3, 0.4) is 0 Å². The highest BCUT2D eigenvalue weighted by molar-refractivity contribution is 7.98. The molecule has 0 saturated heterocycles. The minimum atomic E-state index is 0.352. The molecule has 0 saturated carbocycles. The van der Waals surface area contributed by atoms with Crippen LogP contribution < -0.4 is 5.32 Å². The summed E-state index contributed by atoms with van der Waals surface area (Å²) >= 11 is 14.0. The molecule has 0 aliphatic rings. The quantitative estimate of drug-likeness (QED) is 0.721. The van der Waals surface area contributed by atoms with E-state index in [0.29, 0.717) is 16.1 Å². The van der Waals surface area contributed by atoms with Crippen LogP contribution in [0.2, 0.25) is 10.0 Å². The SMILES string of the molecule is CNC(C)c1cccc(SCc2cccc(Cl)c2Cl)c1. The van der Waals surface area contributed by atoms with Crippen molar-refractivity contribution in [3.8, 4) is 0 Å². The van der Waals surface area contributed by atoms with Crippen molar-refractivity contribution < 1.29 is 0 Å². The van der Waals surface area contributed by atoms with E-state index >= 15 is 0 Å². The molecule has 1 N–H and O–H groups in total. The van der Waals surface area contributed by atoms with E-state index in [2.05, 4.69) is 36.5 Å². The summed E-state index contributed by atoms with van der Waals surface area (Å²) in [6.45, 7) is 2.15. The molecule has 4 heteroatoms. The standard InChI is InChI=1S/C16H17Cl2NS/c1-11(19-2)12-5-3-7-14(9-12)20-10-13-6-4-8-15(17)16(13)18/h3-9,11,19H,10H2,1-2H3. The van der Waals surface area contributed by atoms with Crippen LogP contribution in [-0.4, -0.2) is 7.05 Å². The summed E-state index contributed by atoms with van der Waals surface area (Å²) in [7, 11) is 1.97. The van der Waals surface area contributed by atoms with Crippen molar-refractivity contribution in [2.75, 3.05) is 7.05 Å². The molecule has 1 atom stereocenters. The Hall–Kier alpha value is -0.670. The number of hydrogen-bond donors (Lipinski definition) is 1. The number of benzene rings is 2. The second kappa shape index (κ2) is 7.37. The minimum absolute atomic E-state index is 0.352. The van der Waals surface area contributed by atoms with Gasteiger partial charge >= 0.3 is 0 Å². The summed E-state index contributed by atoms with van der Waals surface area (Å²) in [5.74, 6) is 0.816. The molecular weight excluding hydrogens is 309 g/mol. The number of rotatable bonds is 5. The van der Waals surface area contributed by atoms with Gasteiger partial charge in [0.05, 0.1) is 10.0 Å². The zero-order chi connectivity index (χ0) is 14.5. The average molecular weight is 326 g/mol. The van der Waals surface area contributed by atoms with Gasteiger partial charge in [-0.3, -0.25) is 0 Å². The van der Waals surface area contributed by atoms with Crippen molar-refractivity contribution in [3.05, 3.63) is 63.6 Å². The average Bonchev–Trinajstić information content (AvgIpc) is 2.48. The van der Waals surface area contributed by atoms with E-state index in [-0.39, 0.29) is 0 Å². The highest BCUT2D eigenvalue weighted by Crippen LogP contribution is 2.31. The Balaban J connectivity index is 2.09. The smallest absolute Gasteiger partial charge is 0.0632 e. The maximum absolute atomic E-state index is 6.21.